The molecule has 1 rings (SSSR count). The molecule has 0 radical (unpaired) electrons. The zero-order valence-electron chi connectivity index (χ0n) is 8.21. The van der Waals surface area contributed by atoms with Crippen LogP contribution in [0, 0.1) is 5.82 Å². The quantitative estimate of drug-likeness (QED) is 0.804. The van der Waals surface area contributed by atoms with Gasteiger partial charge in [-0.1, -0.05) is 0 Å². The molecular formula is C10H13FO3. The van der Waals surface area contributed by atoms with Gasteiger partial charge < -0.3 is 14.6 Å². The highest BCUT2D eigenvalue weighted by Crippen LogP contribution is 2.32. The molecule has 1 N–H and O–H groups in total. The van der Waals surface area contributed by atoms with Crippen molar-refractivity contribution >= 4 is 0 Å². The Balaban J connectivity index is 3.16. The van der Waals surface area contributed by atoms with Gasteiger partial charge >= 0.3 is 0 Å². The topological polar surface area (TPSA) is 38.7 Å². The Morgan fingerprint density at radius 3 is 2.64 bits per heavy atom. The van der Waals surface area contributed by atoms with Crippen LogP contribution >= 0.6 is 0 Å². The Hall–Kier alpha value is -1.29. The monoisotopic (exact) mass is 200 g/mol. The Morgan fingerprint density at radius 2 is 2.14 bits per heavy atom. The molecule has 0 aliphatic carbocycles. The Bertz CT molecular complexity index is 312. The molecule has 14 heavy (non-hydrogen) atoms. The van der Waals surface area contributed by atoms with E-state index in [1.165, 1.54) is 13.2 Å². The van der Waals surface area contributed by atoms with Gasteiger partial charge in [-0.15, -0.1) is 0 Å². The number of halogens is 1. The molecule has 0 saturated carbocycles. The molecule has 1 aromatic carbocycles. The molecule has 78 valence electrons. The lowest BCUT2D eigenvalue weighted by Gasteiger charge is -2.11. The minimum atomic E-state index is -0.561. The smallest absolute Gasteiger partial charge is 0.197 e. The predicted molar refractivity (Wildman–Crippen MR) is 50.0 cm³/mol. The van der Waals surface area contributed by atoms with E-state index >= 15 is 0 Å². The molecule has 0 unspecified atom stereocenters. The van der Waals surface area contributed by atoms with Crippen LogP contribution in [0.2, 0.25) is 0 Å². The minimum Gasteiger partial charge on any atom is -0.493 e. The molecule has 0 aromatic heterocycles. The fraction of sp³-hybridized carbons (Fsp3) is 0.400. The molecule has 0 fully saturated rings. The van der Waals surface area contributed by atoms with E-state index in [-0.39, 0.29) is 17.9 Å². The number of hydrogen-bond acceptors (Lipinski definition) is 3. The Kier molecular flexibility index (Phi) is 3.71. The van der Waals surface area contributed by atoms with Gasteiger partial charge in [0.1, 0.15) is 0 Å². The third kappa shape index (κ3) is 1.96. The van der Waals surface area contributed by atoms with E-state index in [0.717, 1.165) is 0 Å². The van der Waals surface area contributed by atoms with E-state index in [0.29, 0.717) is 12.4 Å². The lowest BCUT2D eigenvalue weighted by atomic mass is 10.2. The first kappa shape index (κ1) is 10.8. The largest absolute Gasteiger partial charge is 0.493 e. The summed E-state index contributed by atoms with van der Waals surface area (Å²) >= 11 is 0. The second kappa shape index (κ2) is 4.81. The molecule has 0 spiro atoms. The molecule has 0 aliphatic rings. The van der Waals surface area contributed by atoms with Gasteiger partial charge in [0.05, 0.1) is 20.3 Å². The zero-order valence-corrected chi connectivity index (χ0v) is 8.21. The second-order valence-electron chi connectivity index (χ2n) is 2.66. The van der Waals surface area contributed by atoms with Crippen LogP contribution in [0.5, 0.6) is 11.5 Å². The van der Waals surface area contributed by atoms with Crippen LogP contribution in [0.4, 0.5) is 4.39 Å². The average molecular weight is 200 g/mol. The normalized spacial score (nSPS) is 10.0. The van der Waals surface area contributed by atoms with Crippen molar-refractivity contribution in [3.05, 3.63) is 23.5 Å². The van der Waals surface area contributed by atoms with Crippen molar-refractivity contribution in [1.82, 2.24) is 0 Å². The van der Waals surface area contributed by atoms with Gasteiger partial charge in [0.2, 0.25) is 0 Å². The summed E-state index contributed by atoms with van der Waals surface area (Å²) in [5.41, 5.74) is 0.203. The summed E-state index contributed by atoms with van der Waals surface area (Å²) in [6.45, 7) is 1.75. The fourth-order valence-electron chi connectivity index (χ4n) is 1.14. The van der Waals surface area contributed by atoms with Crippen molar-refractivity contribution in [3.63, 3.8) is 0 Å². The summed E-state index contributed by atoms with van der Waals surface area (Å²) in [6.07, 6.45) is 0. The van der Waals surface area contributed by atoms with Gasteiger partial charge in [0.25, 0.3) is 0 Å². The Morgan fingerprint density at radius 1 is 1.43 bits per heavy atom. The van der Waals surface area contributed by atoms with Crippen molar-refractivity contribution in [2.45, 2.75) is 13.5 Å². The lowest BCUT2D eigenvalue weighted by Crippen LogP contribution is -2.01. The SMILES string of the molecule is CCOc1c(OC)ccc(CO)c1F. The molecule has 0 bridgehead atoms. The molecular weight excluding hydrogens is 187 g/mol. The summed E-state index contributed by atoms with van der Waals surface area (Å²) in [4.78, 5) is 0. The van der Waals surface area contributed by atoms with Crippen LogP contribution in [0.1, 0.15) is 12.5 Å². The molecule has 0 atom stereocenters. The molecule has 0 aliphatic heterocycles. The van der Waals surface area contributed by atoms with Crippen LogP contribution in [0.3, 0.4) is 0 Å². The van der Waals surface area contributed by atoms with Crippen LogP contribution < -0.4 is 9.47 Å². The third-order valence-corrected chi connectivity index (χ3v) is 1.82. The van der Waals surface area contributed by atoms with Crippen molar-refractivity contribution in [1.29, 1.82) is 0 Å². The van der Waals surface area contributed by atoms with Crippen LogP contribution in [0.25, 0.3) is 0 Å². The highest BCUT2D eigenvalue weighted by atomic mass is 19.1. The number of aliphatic hydroxyl groups is 1. The first-order valence-corrected chi connectivity index (χ1v) is 4.33. The molecule has 0 heterocycles. The van der Waals surface area contributed by atoms with Crippen LogP contribution in [-0.4, -0.2) is 18.8 Å². The van der Waals surface area contributed by atoms with E-state index in [1.807, 2.05) is 0 Å². The maximum absolute atomic E-state index is 13.5. The highest BCUT2D eigenvalue weighted by Gasteiger charge is 2.14. The highest BCUT2D eigenvalue weighted by molar-refractivity contribution is 5.44. The van der Waals surface area contributed by atoms with Crippen molar-refractivity contribution in [2.75, 3.05) is 13.7 Å². The van der Waals surface area contributed by atoms with E-state index in [4.69, 9.17) is 14.6 Å². The number of benzene rings is 1. The first-order chi connectivity index (χ1) is 6.74. The van der Waals surface area contributed by atoms with E-state index < -0.39 is 5.82 Å². The van der Waals surface area contributed by atoms with E-state index in [1.54, 1.807) is 13.0 Å². The average Bonchev–Trinajstić information content (AvgIpc) is 2.21. The third-order valence-electron chi connectivity index (χ3n) is 1.82. The predicted octanol–water partition coefficient (Wildman–Crippen LogP) is 1.73. The molecule has 0 amide bonds. The van der Waals surface area contributed by atoms with Gasteiger partial charge in [-0.25, -0.2) is 4.39 Å². The molecule has 4 heteroatoms. The van der Waals surface area contributed by atoms with E-state index in [2.05, 4.69) is 0 Å². The second-order valence-corrected chi connectivity index (χ2v) is 2.66. The van der Waals surface area contributed by atoms with Crippen molar-refractivity contribution in [3.8, 4) is 11.5 Å². The van der Waals surface area contributed by atoms with Crippen molar-refractivity contribution < 1.29 is 19.0 Å². The van der Waals surface area contributed by atoms with Gasteiger partial charge in [0, 0.05) is 5.56 Å². The Labute approximate surface area is 82.1 Å². The summed E-state index contributed by atoms with van der Waals surface area (Å²) in [5.74, 6) is -0.170. The van der Waals surface area contributed by atoms with E-state index in [9.17, 15) is 4.39 Å². The molecule has 1 aromatic rings. The van der Waals surface area contributed by atoms with Crippen molar-refractivity contribution in [2.24, 2.45) is 0 Å². The fourth-order valence-corrected chi connectivity index (χ4v) is 1.14. The summed E-state index contributed by atoms with van der Waals surface area (Å²) in [5, 5.41) is 8.84. The number of ether oxygens (including phenoxy) is 2. The number of aliphatic hydroxyl groups excluding tert-OH is 1. The first-order valence-electron chi connectivity index (χ1n) is 4.33. The van der Waals surface area contributed by atoms with Crippen LogP contribution in [0.15, 0.2) is 12.1 Å². The number of hydrogen-bond donors (Lipinski definition) is 1. The maximum Gasteiger partial charge on any atom is 0.197 e. The standard InChI is InChI=1S/C10H13FO3/c1-3-14-10-8(13-2)5-4-7(6-12)9(10)11/h4-5,12H,3,6H2,1-2H3. The molecule has 0 saturated heterocycles. The summed E-state index contributed by atoms with van der Waals surface area (Å²) in [7, 11) is 1.44. The number of methoxy groups -OCH3 is 1. The zero-order chi connectivity index (χ0) is 10.6. The minimum absolute atomic E-state index is 0.0570. The summed E-state index contributed by atoms with van der Waals surface area (Å²) in [6, 6.07) is 3.04. The lowest BCUT2D eigenvalue weighted by molar-refractivity contribution is 0.263. The summed E-state index contributed by atoms with van der Waals surface area (Å²) < 4.78 is 23.6. The van der Waals surface area contributed by atoms with Gasteiger partial charge in [-0.05, 0) is 19.1 Å². The van der Waals surface area contributed by atoms with Gasteiger partial charge in [0.15, 0.2) is 17.3 Å². The van der Waals surface area contributed by atoms with Crippen LogP contribution in [-0.2, 0) is 6.61 Å². The number of rotatable bonds is 4. The molecule has 3 nitrogen and oxygen atoms in total. The van der Waals surface area contributed by atoms with Gasteiger partial charge in [-0.2, -0.15) is 0 Å². The van der Waals surface area contributed by atoms with Gasteiger partial charge in [-0.3, -0.25) is 0 Å². The maximum atomic E-state index is 13.5.